The molecule has 2 rings (SSSR count). The van der Waals surface area contributed by atoms with Crippen molar-refractivity contribution in [2.75, 3.05) is 5.32 Å². The lowest BCUT2D eigenvalue weighted by molar-refractivity contribution is -0.122. The van der Waals surface area contributed by atoms with Crippen molar-refractivity contribution in [3.8, 4) is 5.75 Å². The second-order valence-electron chi connectivity index (χ2n) is 4.62. The van der Waals surface area contributed by atoms with Crippen molar-refractivity contribution in [2.24, 2.45) is 5.73 Å². The molecule has 0 aliphatic rings. The lowest BCUT2D eigenvalue weighted by Crippen LogP contribution is -2.30. The second-order valence-corrected chi connectivity index (χ2v) is 5.53. The molecule has 0 radical (unpaired) electrons. The Morgan fingerprint density at radius 3 is 2.41 bits per heavy atom. The number of carbonyl (C=O) groups is 2. The third-order valence-electron chi connectivity index (χ3n) is 2.94. The van der Waals surface area contributed by atoms with Crippen LogP contribution in [0.3, 0.4) is 0 Å². The minimum Gasteiger partial charge on any atom is -0.480 e. The number of hydrogen-bond donors (Lipinski definition) is 2. The van der Waals surface area contributed by atoms with Crippen molar-refractivity contribution >= 4 is 33.4 Å². The normalized spacial score (nSPS) is 11.5. The molecule has 0 fully saturated rings. The fourth-order valence-corrected chi connectivity index (χ4v) is 2.06. The van der Waals surface area contributed by atoms with Crippen LogP contribution in [0.25, 0.3) is 0 Å². The molecule has 2 aromatic rings. The van der Waals surface area contributed by atoms with Gasteiger partial charge in [-0.3, -0.25) is 9.59 Å². The first-order valence-corrected chi connectivity index (χ1v) is 7.38. The number of para-hydroxylation sites is 1. The first-order valence-electron chi connectivity index (χ1n) is 6.59. The van der Waals surface area contributed by atoms with E-state index in [1.807, 2.05) is 12.1 Å². The third-order valence-corrected chi connectivity index (χ3v) is 3.47. The maximum absolute atomic E-state index is 12.1. The van der Waals surface area contributed by atoms with Gasteiger partial charge in [0.15, 0.2) is 6.10 Å². The van der Waals surface area contributed by atoms with Gasteiger partial charge in [-0.2, -0.15) is 0 Å². The highest BCUT2D eigenvalue weighted by molar-refractivity contribution is 9.10. The van der Waals surface area contributed by atoms with Crippen LogP contribution in [0, 0.1) is 0 Å². The topological polar surface area (TPSA) is 81.4 Å². The number of carbonyl (C=O) groups excluding carboxylic acids is 2. The minimum atomic E-state index is -0.774. The monoisotopic (exact) mass is 362 g/mol. The number of nitrogens with one attached hydrogen (secondary N) is 1. The SMILES string of the molecule is CC(Oc1ccccc1C(N)=O)C(=O)Nc1ccc(Br)cc1. The van der Waals surface area contributed by atoms with Crippen LogP contribution in [0.5, 0.6) is 5.75 Å². The fraction of sp³-hybridized carbons (Fsp3) is 0.125. The van der Waals surface area contributed by atoms with Crippen LogP contribution in [0.2, 0.25) is 0 Å². The van der Waals surface area contributed by atoms with Crippen LogP contribution in [-0.4, -0.2) is 17.9 Å². The summed E-state index contributed by atoms with van der Waals surface area (Å²) in [7, 11) is 0. The first kappa shape index (κ1) is 16.0. The fourth-order valence-electron chi connectivity index (χ4n) is 1.79. The van der Waals surface area contributed by atoms with Gasteiger partial charge in [-0.15, -0.1) is 0 Å². The summed E-state index contributed by atoms with van der Waals surface area (Å²) < 4.78 is 6.46. The van der Waals surface area contributed by atoms with Crippen molar-refractivity contribution < 1.29 is 14.3 Å². The molecule has 1 atom stereocenters. The molecule has 0 saturated heterocycles. The summed E-state index contributed by atoms with van der Waals surface area (Å²) in [5.74, 6) is -0.633. The maximum Gasteiger partial charge on any atom is 0.265 e. The lowest BCUT2D eigenvalue weighted by atomic mass is 10.2. The summed E-state index contributed by atoms with van der Waals surface area (Å²) >= 11 is 3.33. The predicted molar refractivity (Wildman–Crippen MR) is 87.8 cm³/mol. The highest BCUT2D eigenvalue weighted by Crippen LogP contribution is 2.19. The zero-order valence-electron chi connectivity index (χ0n) is 11.9. The van der Waals surface area contributed by atoms with Gasteiger partial charge in [-0.25, -0.2) is 0 Å². The number of rotatable bonds is 5. The number of amides is 2. The third kappa shape index (κ3) is 4.08. The number of halogens is 1. The smallest absolute Gasteiger partial charge is 0.265 e. The first-order chi connectivity index (χ1) is 10.5. The van der Waals surface area contributed by atoms with Crippen LogP contribution < -0.4 is 15.8 Å². The molecular formula is C16H15BrN2O3. The molecule has 3 N–H and O–H groups in total. The molecule has 0 aliphatic heterocycles. The molecule has 114 valence electrons. The molecule has 1 unspecified atom stereocenters. The molecule has 5 nitrogen and oxygen atoms in total. The zero-order chi connectivity index (χ0) is 16.1. The van der Waals surface area contributed by atoms with Crippen molar-refractivity contribution in [3.05, 3.63) is 58.6 Å². The lowest BCUT2D eigenvalue weighted by Gasteiger charge is -2.16. The van der Waals surface area contributed by atoms with Crippen molar-refractivity contribution in [2.45, 2.75) is 13.0 Å². The molecule has 0 bridgehead atoms. The van der Waals surface area contributed by atoms with Gasteiger partial charge in [-0.1, -0.05) is 28.1 Å². The molecule has 0 spiro atoms. The van der Waals surface area contributed by atoms with E-state index in [0.29, 0.717) is 5.69 Å². The van der Waals surface area contributed by atoms with E-state index in [-0.39, 0.29) is 17.2 Å². The van der Waals surface area contributed by atoms with Crippen LogP contribution >= 0.6 is 15.9 Å². The van der Waals surface area contributed by atoms with E-state index in [1.165, 1.54) is 0 Å². The number of nitrogens with two attached hydrogens (primary N) is 1. The molecular weight excluding hydrogens is 348 g/mol. The van der Waals surface area contributed by atoms with Crippen LogP contribution in [0.4, 0.5) is 5.69 Å². The Bertz CT molecular complexity index is 686. The standard InChI is InChI=1S/C16H15BrN2O3/c1-10(16(21)19-12-8-6-11(17)7-9-12)22-14-5-3-2-4-13(14)15(18)20/h2-10H,1H3,(H2,18,20)(H,19,21). The Balaban J connectivity index is 2.05. The van der Waals surface area contributed by atoms with E-state index in [0.717, 1.165) is 4.47 Å². The molecule has 2 aromatic carbocycles. The van der Waals surface area contributed by atoms with Gasteiger partial charge in [0.1, 0.15) is 5.75 Å². The molecule has 0 aromatic heterocycles. The Morgan fingerprint density at radius 2 is 1.77 bits per heavy atom. The number of primary amides is 1. The van der Waals surface area contributed by atoms with E-state index in [4.69, 9.17) is 10.5 Å². The van der Waals surface area contributed by atoms with Gasteiger partial charge in [0.05, 0.1) is 5.56 Å². The largest absolute Gasteiger partial charge is 0.480 e. The van der Waals surface area contributed by atoms with Crippen LogP contribution in [0.1, 0.15) is 17.3 Å². The van der Waals surface area contributed by atoms with Gasteiger partial charge in [-0.05, 0) is 43.3 Å². The Hall–Kier alpha value is -2.34. The Morgan fingerprint density at radius 1 is 1.14 bits per heavy atom. The zero-order valence-corrected chi connectivity index (χ0v) is 13.5. The molecule has 0 heterocycles. The van der Waals surface area contributed by atoms with E-state index in [1.54, 1.807) is 43.3 Å². The summed E-state index contributed by atoms with van der Waals surface area (Å²) in [6, 6.07) is 13.7. The average Bonchev–Trinajstić information content (AvgIpc) is 2.49. The number of hydrogen-bond acceptors (Lipinski definition) is 3. The van der Waals surface area contributed by atoms with E-state index >= 15 is 0 Å². The molecule has 6 heteroatoms. The van der Waals surface area contributed by atoms with Crippen molar-refractivity contribution in [1.82, 2.24) is 0 Å². The highest BCUT2D eigenvalue weighted by atomic mass is 79.9. The van der Waals surface area contributed by atoms with Crippen LogP contribution in [-0.2, 0) is 4.79 Å². The van der Waals surface area contributed by atoms with Gasteiger partial charge in [0, 0.05) is 10.2 Å². The molecule has 22 heavy (non-hydrogen) atoms. The van der Waals surface area contributed by atoms with Gasteiger partial charge < -0.3 is 15.8 Å². The summed E-state index contributed by atoms with van der Waals surface area (Å²) in [5.41, 5.74) is 6.18. The number of anilines is 1. The van der Waals surface area contributed by atoms with Gasteiger partial charge in [0.2, 0.25) is 0 Å². The molecule has 0 aliphatic carbocycles. The van der Waals surface area contributed by atoms with E-state index < -0.39 is 12.0 Å². The van der Waals surface area contributed by atoms with Crippen LogP contribution in [0.15, 0.2) is 53.0 Å². The summed E-state index contributed by atoms with van der Waals surface area (Å²) in [4.78, 5) is 23.5. The van der Waals surface area contributed by atoms with Crippen molar-refractivity contribution in [3.63, 3.8) is 0 Å². The molecule has 2 amide bonds. The Kier molecular flexibility index (Phi) is 5.16. The second kappa shape index (κ2) is 7.09. The van der Waals surface area contributed by atoms with E-state index in [2.05, 4.69) is 21.2 Å². The Labute approximate surface area is 136 Å². The van der Waals surface area contributed by atoms with Gasteiger partial charge in [0.25, 0.3) is 11.8 Å². The van der Waals surface area contributed by atoms with Crippen molar-refractivity contribution in [1.29, 1.82) is 0 Å². The number of benzene rings is 2. The van der Waals surface area contributed by atoms with E-state index in [9.17, 15) is 9.59 Å². The molecule has 0 saturated carbocycles. The summed E-state index contributed by atoms with van der Waals surface area (Å²) in [5, 5.41) is 2.74. The quantitative estimate of drug-likeness (QED) is 0.857. The summed E-state index contributed by atoms with van der Waals surface area (Å²) in [6.07, 6.45) is -0.774. The predicted octanol–water partition coefficient (Wildman–Crippen LogP) is 2.95. The highest BCUT2D eigenvalue weighted by Gasteiger charge is 2.17. The van der Waals surface area contributed by atoms with Gasteiger partial charge >= 0.3 is 0 Å². The minimum absolute atomic E-state index is 0.241. The number of ether oxygens (including phenoxy) is 1. The maximum atomic E-state index is 12.1. The average molecular weight is 363 g/mol. The summed E-state index contributed by atoms with van der Waals surface area (Å²) in [6.45, 7) is 1.60.